The van der Waals surface area contributed by atoms with Crippen LogP contribution in [0.25, 0.3) is 0 Å². The highest BCUT2D eigenvalue weighted by Gasteiger charge is 2.08. The Bertz CT molecular complexity index is 639. The average Bonchev–Trinajstić information content (AvgIpc) is 2.86. The Balaban J connectivity index is 2.05. The van der Waals surface area contributed by atoms with Gasteiger partial charge in [0.1, 0.15) is 0 Å². The number of aromatic nitrogens is 1. The molecule has 0 amide bonds. The standard InChI is InChI=1S/C17H20N2OS/c1-14-17(21-13-18-14)12-19(2)11-16-9-4-3-7-15(16)8-5-6-10-20/h3-4,7,9,13,20H,6,10-12H2,1-2H3. The van der Waals surface area contributed by atoms with Crippen molar-refractivity contribution < 1.29 is 5.11 Å². The maximum atomic E-state index is 8.81. The molecule has 0 fully saturated rings. The van der Waals surface area contributed by atoms with Crippen molar-refractivity contribution in [3.05, 3.63) is 51.5 Å². The zero-order valence-corrected chi connectivity index (χ0v) is 13.3. The summed E-state index contributed by atoms with van der Waals surface area (Å²) in [6, 6.07) is 8.18. The molecule has 2 aromatic rings. The summed E-state index contributed by atoms with van der Waals surface area (Å²) in [6.07, 6.45) is 0.518. The molecule has 0 aliphatic heterocycles. The van der Waals surface area contributed by atoms with E-state index in [-0.39, 0.29) is 6.61 Å². The third-order valence-electron chi connectivity index (χ3n) is 3.18. The van der Waals surface area contributed by atoms with Gasteiger partial charge in [0.2, 0.25) is 0 Å². The van der Waals surface area contributed by atoms with Gasteiger partial charge in [0, 0.05) is 30.0 Å². The SMILES string of the molecule is Cc1ncsc1CN(C)Cc1ccccc1C#CCCO. The molecule has 0 aliphatic carbocycles. The molecule has 0 radical (unpaired) electrons. The minimum atomic E-state index is 0.111. The summed E-state index contributed by atoms with van der Waals surface area (Å²) < 4.78 is 0. The molecule has 2 rings (SSSR count). The summed E-state index contributed by atoms with van der Waals surface area (Å²) >= 11 is 1.70. The zero-order valence-electron chi connectivity index (χ0n) is 12.5. The molecule has 21 heavy (non-hydrogen) atoms. The summed E-state index contributed by atoms with van der Waals surface area (Å²) in [4.78, 5) is 7.87. The fourth-order valence-electron chi connectivity index (χ4n) is 2.06. The van der Waals surface area contributed by atoms with Crippen molar-refractivity contribution in [3.8, 4) is 11.8 Å². The monoisotopic (exact) mass is 300 g/mol. The van der Waals surface area contributed by atoms with Crippen LogP contribution in [0.5, 0.6) is 0 Å². The van der Waals surface area contributed by atoms with Gasteiger partial charge in [-0.1, -0.05) is 30.0 Å². The van der Waals surface area contributed by atoms with Crippen LogP contribution in [0.4, 0.5) is 0 Å². The van der Waals surface area contributed by atoms with E-state index in [1.807, 2.05) is 30.6 Å². The lowest BCUT2D eigenvalue weighted by Crippen LogP contribution is -2.17. The van der Waals surface area contributed by atoms with Gasteiger partial charge in [0.05, 0.1) is 17.8 Å². The van der Waals surface area contributed by atoms with Crippen LogP contribution in [0.15, 0.2) is 29.8 Å². The van der Waals surface area contributed by atoms with Crippen molar-refractivity contribution in [2.24, 2.45) is 0 Å². The maximum Gasteiger partial charge on any atom is 0.0798 e. The second kappa shape index (κ2) is 7.94. The molecule has 0 aliphatic rings. The van der Waals surface area contributed by atoms with E-state index in [1.54, 1.807) is 11.3 Å². The highest BCUT2D eigenvalue weighted by molar-refractivity contribution is 7.09. The molecule has 0 saturated carbocycles. The Morgan fingerprint density at radius 3 is 2.81 bits per heavy atom. The van der Waals surface area contributed by atoms with Gasteiger partial charge in [-0.05, 0) is 25.6 Å². The number of aliphatic hydroxyl groups excluding tert-OH is 1. The van der Waals surface area contributed by atoms with Crippen LogP contribution in [0, 0.1) is 18.8 Å². The number of aryl methyl sites for hydroxylation is 1. The van der Waals surface area contributed by atoms with E-state index in [9.17, 15) is 0 Å². The molecule has 0 atom stereocenters. The summed E-state index contributed by atoms with van der Waals surface area (Å²) in [6.45, 7) is 3.91. The highest BCUT2D eigenvalue weighted by atomic mass is 32.1. The first-order valence-electron chi connectivity index (χ1n) is 6.96. The number of benzene rings is 1. The molecule has 1 N–H and O–H groups in total. The quantitative estimate of drug-likeness (QED) is 0.863. The van der Waals surface area contributed by atoms with Gasteiger partial charge >= 0.3 is 0 Å². The number of aliphatic hydroxyl groups is 1. The van der Waals surface area contributed by atoms with Gasteiger partial charge < -0.3 is 5.11 Å². The molecule has 1 aromatic carbocycles. The van der Waals surface area contributed by atoms with Crippen LogP contribution < -0.4 is 0 Å². The maximum absolute atomic E-state index is 8.81. The Kier molecular flexibility index (Phi) is 5.94. The number of thiazole rings is 1. The van der Waals surface area contributed by atoms with Crippen LogP contribution in [0.3, 0.4) is 0 Å². The smallest absolute Gasteiger partial charge is 0.0798 e. The van der Waals surface area contributed by atoms with Gasteiger partial charge in [-0.25, -0.2) is 4.98 Å². The number of hydrogen-bond donors (Lipinski definition) is 1. The van der Waals surface area contributed by atoms with Crippen LogP contribution in [0.1, 0.15) is 28.1 Å². The highest BCUT2D eigenvalue weighted by Crippen LogP contribution is 2.17. The first-order chi connectivity index (χ1) is 10.2. The average molecular weight is 300 g/mol. The molecule has 110 valence electrons. The molecule has 3 nitrogen and oxygen atoms in total. The van der Waals surface area contributed by atoms with Gasteiger partial charge in [-0.2, -0.15) is 0 Å². The molecule has 0 saturated heterocycles. The molecular weight excluding hydrogens is 280 g/mol. The van der Waals surface area contributed by atoms with Crippen molar-refractivity contribution in [2.75, 3.05) is 13.7 Å². The fourth-order valence-corrected chi connectivity index (χ4v) is 2.92. The Morgan fingerprint density at radius 2 is 2.10 bits per heavy atom. The van der Waals surface area contributed by atoms with E-state index in [0.717, 1.165) is 24.3 Å². The molecule has 1 heterocycles. The Morgan fingerprint density at radius 1 is 1.29 bits per heavy atom. The van der Waals surface area contributed by atoms with E-state index in [1.165, 1.54) is 10.4 Å². The summed E-state index contributed by atoms with van der Waals surface area (Å²) in [7, 11) is 2.11. The molecule has 0 bridgehead atoms. The van der Waals surface area contributed by atoms with E-state index in [2.05, 4.69) is 34.8 Å². The van der Waals surface area contributed by atoms with Crippen molar-refractivity contribution in [3.63, 3.8) is 0 Å². The Labute approximate surface area is 130 Å². The third-order valence-corrected chi connectivity index (χ3v) is 4.10. The molecule has 4 heteroatoms. The largest absolute Gasteiger partial charge is 0.395 e. The first-order valence-corrected chi connectivity index (χ1v) is 7.84. The second-order valence-electron chi connectivity index (χ2n) is 4.97. The zero-order chi connectivity index (χ0) is 15.1. The van der Waals surface area contributed by atoms with E-state index >= 15 is 0 Å². The van der Waals surface area contributed by atoms with E-state index < -0.39 is 0 Å². The predicted octanol–water partition coefficient (Wildman–Crippen LogP) is 2.82. The van der Waals surface area contributed by atoms with Crippen LogP contribution >= 0.6 is 11.3 Å². The summed E-state index contributed by atoms with van der Waals surface area (Å²) in [5, 5.41) is 8.81. The van der Waals surface area contributed by atoms with Gasteiger partial charge in [0.25, 0.3) is 0 Å². The van der Waals surface area contributed by atoms with Crippen LogP contribution in [-0.4, -0.2) is 28.6 Å². The molecule has 1 aromatic heterocycles. The number of hydrogen-bond acceptors (Lipinski definition) is 4. The van der Waals surface area contributed by atoms with Crippen molar-refractivity contribution in [1.29, 1.82) is 0 Å². The lowest BCUT2D eigenvalue weighted by molar-refractivity contribution is 0.305. The number of rotatable bonds is 5. The summed E-state index contributed by atoms with van der Waals surface area (Å²) in [5.41, 5.74) is 5.27. The third kappa shape index (κ3) is 4.68. The lowest BCUT2D eigenvalue weighted by atomic mass is 10.1. The van der Waals surface area contributed by atoms with Crippen LogP contribution in [-0.2, 0) is 13.1 Å². The number of nitrogens with zero attached hydrogens (tertiary/aromatic N) is 2. The molecule has 0 unspecified atom stereocenters. The minimum absolute atomic E-state index is 0.111. The normalized spacial score (nSPS) is 10.5. The van der Waals surface area contributed by atoms with Gasteiger partial charge in [0.15, 0.2) is 0 Å². The minimum Gasteiger partial charge on any atom is -0.395 e. The Hall–Kier alpha value is -1.67. The summed E-state index contributed by atoms with van der Waals surface area (Å²) in [5.74, 6) is 6.14. The van der Waals surface area contributed by atoms with Crippen molar-refractivity contribution >= 4 is 11.3 Å². The van der Waals surface area contributed by atoms with E-state index in [4.69, 9.17) is 5.11 Å². The second-order valence-corrected chi connectivity index (χ2v) is 5.91. The van der Waals surface area contributed by atoms with E-state index in [0.29, 0.717) is 6.42 Å². The van der Waals surface area contributed by atoms with Crippen molar-refractivity contribution in [2.45, 2.75) is 26.4 Å². The van der Waals surface area contributed by atoms with Crippen LogP contribution in [0.2, 0.25) is 0 Å². The van der Waals surface area contributed by atoms with Crippen molar-refractivity contribution in [1.82, 2.24) is 9.88 Å². The molecule has 0 spiro atoms. The first kappa shape index (κ1) is 15.7. The van der Waals surface area contributed by atoms with Gasteiger partial charge in [-0.3, -0.25) is 4.90 Å². The predicted molar refractivity (Wildman–Crippen MR) is 87.0 cm³/mol. The van der Waals surface area contributed by atoms with Gasteiger partial charge in [-0.15, -0.1) is 11.3 Å². The lowest BCUT2D eigenvalue weighted by Gasteiger charge is -2.17. The topological polar surface area (TPSA) is 36.4 Å². The fraction of sp³-hybridized carbons (Fsp3) is 0.353. The molecular formula is C17H20N2OS.